The van der Waals surface area contributed by atoms with Crippen molar-refractivity contribution in [3.05, 3.63) is 28.8 Å². The average Bonchev–Trinajstić information content (AvgIpc) is 2.37. The van der Waals surface area contributed by atoms with Crippen molar-refractivity contribution >= 4 is 17.3 Å². The van der Waals surface area contributed by atoms with Gasteiger partial charge in [-0.1, -0.05) is 32.4 Å². The van der Waals surface area contributed by atoms with Crippen molar-refractivity contribution in [3.63, 3.8) is 0 Å². The summed E-state index contributed by atoms with van der Waals surface area (Å²) in [5, 5.41) is 0.772. The van der Waals surface area contributed by atoms with Crippen molar-refractivity contribution in [2.75, 3.05) is 18.0 Å². The quantitative estimate of drug-likeness (QED) is 0.885. The Morgan fingerprint density at radius 1 is 1.26 bits per heavy atom. The van der Waals surface area contributed by atoms with Crippen LogP contribution in [0.5, 0.6) is 0 Å². The van der Waals surface area contributed by atoms with E-state index in [4.69, 9.17) is 17.3 Å². The summed E-state index contributed by atoms with van der Waals surface area (Å²) in [6, 6.07) is 6.07. The second-order valence-corrected chi connectivity index (χ2v) is 7.04. The first-order chi connectivity index (χ1) is 8.91. The Bertz CT molecular complexity index is 429. The Kier molecular flexibility index (Phi) is 4.42. The van der Waals surface area contributed by atoms with Crippen molar-refractivity contribution < 1.29 is 0 Å². The third-order valence-electron chi connectivity index (χ3n) is 4.32. The van der Waals surface area contributed by atoms with Gasteiger partial charge < -0.3 is 10.6 Å². The molecule has 19 heavy (non-hydrogen) atoms. The van der Waals surface area contributed by atoms with Gasteiger partial charge in [0.2, 0.25) is 0 Å². The first-order valence-electron chi connectivity index (χ1n) is 7.15. The van der Waals surface area contributed by atoms with Gasteiger partial charge in [-0.2, -0.15) is 0 Å². The van der Waals surface area contributed by atoms with Crippen molar-refractivity contribution in [1.29, 1.82) is 0 Å². The molecule has 2 N–H and O–H groups in total. The topological polar surface area (TPSA) is 29.3 Å². The Morgan fingerprint density at radius 2 is 1.89 bits per heavy atom. The lowest BCUT2D eigenvalue weighted by Gasteiger charge is -2.40. The Balaban J connectivity index is 2.10. The van der Waals surface area contributed by atoms with E-state index in [0.717, 1.165) is 29.6 Å². The molecule has 0 unspecified atom stereocenters. The van der Waals surface area contributed by atoms with Gasteiger partial charge in [-0.3, -0.25) is 0 Å². The predicted molar refractivity (Wildman–Crippen MR) is 83.7 cm³/mol. The molecule has 0 atom stereocenters. The van der Waals surface area contributed by atoms with E-state index < -0.39 is 0 Å². The Morgan fingerprint density at radius 3 is 2.42 bits per heavy atom. The molecule has 0 aromatic heterocycles. The van der Waals surface area contributed by atoms with Gasteiger partial charge in [-0.25, -0.2) is 0 Å². The van der Waals surface area contributed by atoms with Gasteiger partial charge in [0.15, 0.2) is 0 Å². The van der Waals surface area contributed by atoms with Crippen LogP contribution in [0, 0.1) is 11.3 Å². The van der Waals surface area contributed by atoms with Crippen LogP contribution >= 0.6 is 11.6 Å². The molecular weight excluding hydrogens is 256 g/mol. The number of rotatable bonds is 2. The number of benzene rings is 1. The van der Waals surface area contributed by atoms with Gasteiger partial charge in [0.05, 0.1) is 0 Å². The lowest BCUT2D eigenvalue weighted by molar-refractivity contribution is 0.199. The van der Waals surface area contributed by atoms with Crippen LogP contribution in [0.4, 0.5) is 5.69 Å². The molecule has 1 fully saturated rings. The summed E-state index contributed by atoms with van der Waals surface area (Å²) in [4.78, 5) is 2.46. The van der Waals surface area contributed by atoms with E-state index in [9.17, 15) is 0 Å². The van der Waals surface area contributed by atoms with Crippen molar-refractivity contribution in [3.8, 4) is 0 Å². The summed E-state index contributed by atoms with van der Waals surface area (Å²) in [5.41, 5.74) is 8.67. The molecule has 1 heterocycles. The standard InChI is InChI=1S/C16H25ClN2/c1-16(2,3)13-6-8-19(9-7-13)15-5-4-14(17)10-12(15)11-18/h4-5,10,13H,6-9,11,18H2,1-3H3. The zero-order chi connectivity index (χ0) is 14.0. The average molecular weight is 281 g/mol. The van der Waals surface area contributed by atoms with Crippen LogP contribution in [0.25, 0.3) is 0 Å². The molecule has 1 aromatic rings. The largest absolute Gasteiger partial charge is 0.371 e. The smallest absolute Gasteiger partial charge is 0.0412 e. The summed E-state index contributed by atoms with van der Waals surface area (Å²) < 4.78 is 0. The highest BCUT2D eigenvalue weighted by molar-refractivity contribution is 6.30. The van der Waals surface area contributed by atoms with Gasteiger partial charge in [0.25, 0.3) is 0 Å². The minimum absolute atomic E-state index is 0.419. The molecule has 3 heteroatoms. The maximum absolute atomic E-state index is 6.04. The molecule has 0 spiro atoms. The third kappa shape index (κ3) is 3.43. The zero-order valence-electron chi connectivity index (χ0n) is 12.2. The van der Waals surface area contributed by atoms with Gasteiger partial charge in [-0.05, 0) is 47.9 Å². The molecule has 0 radical (unpaired) electrons. The lowest BCUT2D eigenvalue weighted by atomic mass is 9.75. The second kappa shape index (κ2) is 5.72. The number of anilines is 1. The van der Waals surface area contributed by atoms with E-state index in [1.165, 1.54) is 18.5 Å². The van der Waals surface area contributed by atoms with Crippen LogP contribution in [0.1, 0.15) is 39.2 Å². The lowest BCUT2D eigenvalue weighted by Crippen LogP contribution is -2.38. The fourth-order valence-corrected chi connectivity index (χ4v) is 3.21. The van der Waals surface area contributed by atoms with Crippen LogP contribution in [0.3, 0.4) is 0 Å². The van der Waals surface area contributed by atoms with Crippen LogP contribution in [-0.4, -0.2) is 13.1 Å². The number of nitrogens with zero attached hydrogens (tertiary/aromatic N) is 1. The molecule has 2 rings (SSSR count). The van der Waals surface area contributed by atoms with Gasteiger partial charge >= 0.3 is 0 Å². The monoisotopic (exact) mass is 280 g/mol. The molecular formula is C16H25ClN2. The van der Waals surface area contributed by atoms with E-state index in [1.54, 1.807) is 0 Å². The Hall–Kier alpha value is -0.730. The molecule has 1 aromatic carbocycles. The van der Waals surface area contributed by atoms with Gasteiger partial charge in [0.1, 0.15) is 0 Å². The SMILES string of the molecule is CC(C)(C)C1CCN(c2ccc(Cl)cc2CN)CC1. The molecule has 0 aliphatic carbocycles. The molecule has 1 aliphatic rings. The predicted octanol–water partition coefficient (Wildman–Crippen LogP) is 4.06. The highest BCUT2D eigenvalue weighted by atomic mass is 35.5. The summed E-state index contributed by atoms with van der Waals surface area (Å²) >= 11 is 6.04. The number of hydrogen-bond donors (Lipinski definition) is 1. The highest BCUT2D eigenvalue weighted by Crippen LogP contribution is 2.36. The maximum atomic E-state index is 6.04. The molecule has 1 aliphatic heterocycles. The second-order valence-electron chi connectivity index (χ2n) is 6.60. The van der Waals surface area contributed by atoms with E-state index >= 15 is 0 Å². The molecule has 106 valence electrons. The number of nitrogens with two attached hydrogens (primary N) is 1. The van der Waals surface area contributed by atoms with Gasteiger partial charge in [-0.15, -0.1) is 0 Å². The fraction of sp³-hybridized carbons (Fsp3) is 0.625. The van der Waals surface area contributed by atoms with Crippen LogP contribution in [-0.2, 0) is 6.54 Å². The normalized spacial score (nSPS) is 17.8. The zero-order valence-corrected chi connectivity index (χ0v) is 13.0. The third-order valence-corrected chi connectivity index (χ3v) is 4.56. The summed E-state index contributed by atoms with van der Waals surface area (Å²) in [6.07, 6.45) is 2.52. The molecule has 2 nitrogen and oxygen atoms in total. The van der Waals surface area contributed by atoms with Crippen LogP contribution < -0.4 is 10.6 Å². The first kappa shape index (κ1) is 14.7. The summed E-state index contributed by atoms with van der Waals surface area (Å²) in [6.45, 7) is 9.84. The number of hydrogen-bond acceptors (Lipinski definition) is 2. The molecule has 0 amide bonds. The first-order valence-corrected chi connectivity index (χ1v) is 7.53. The van der Waals surface area contributed by atoms with Crippen LogP contribution in [0.15, 0.2) is 18.2 Å². The maximum Gasteiger partial charge on any atom is 0.0412 e. The van der Waals surface area contributed by atoms with E-state index in [2.05, 4.69) is 31.7 Å². The summed E-state index contributed by atoms with van der Waals surface area (Å²) in [5.74, 6) is 0.817. The minimum atomic E-state index is 0.419. The molecule has 0 bridgehead atoms. The highest BCUT2D eigenvalue weighted by Gasteiger charge is 2.29. The van der Waals surface area contributed by atoms with E-state index in [-0.39, 0.29) is 0 Å². The molecule has 0 saturated carbocycles. The van der Waals surface area contributed by atoms with E-state index in [0.29, 0.717) is 12.0 Å². The fourth-order valence-electron chi connectivity index (χ4n) is 3.01. The number of piperidine rings is 1. The molecule has 1 saturated heterocycles. The van der Waals surface area contributed by atoms with Crippen LogP contribution in [0.2, 0.25) is 5.02 Å². The van der Waals surface area contributed by atoms with E-state index in [1.807, 2.05) is 12.1 Å². The Labute approximate surface area is 121 Å². The van der Waals surface area contributed by atoms with Gasteiger partial charge in [0, 0.05) is 30.3 Å². The number of halogens is 1. The van der Waals surface area contributed by atoms with Crippen molar-refractivity contribution in [2.45, 2.75) is 40.2 Å². The van der Waals surface area contributed by atoms with Crippen molar-refractivity contribution in [1.82, 2.24) is 0 Å². The minimum Gasteiger partial charge on any atom is -0.371 e. The van der Waals surface area contributed by atoms with Crippen molar-refractivity contribution in [2.24, 2.45) is 17.1 Å². The summed E-state index contributed by atoms with van der Waals surface area (Å²) in [7, 11) is 0.